The van der Waals surface area contributed by atoms with Crippen LogP contribution in [0, 0.1) is 0 Å². The Morgan fingerprint density at radius 3 is 2.61 bits per heavy atom. The van der Waals surface area contributed by atoms with Gasteiger partial charge in [-0.15, -0.1) is 0 Å². The number of thiocarbonyl (C=S) groups is 1. The number of nitrogens with zero attached hydrogens (tertiary/aromatic N) is 2. The highest BCUT2D eigenvalue weighted by molar-refractivity contribution is 7.80. The van der Waals surface area contributed by atoms with Crippen LogP contribution in [0.15, 0.2) is 30.0 Å². The van der Waals surface area contributed by atoms with E-state index in [1.807, 2.05) is 19.1 Å². The maximum absolute atomic E-state index is 12.9. The molecule has 1 aromatic rings. The minimum absolute atomic E-state index is 0.00391. The molecule has 1 N–H and O–H groups in total. The molecule has 2 aliphatic heterocycles. The molecule has 6 nitrogen and oxygen atoms in total. The predicted octanol–water partition coefficient (Wildman–Crippen LogP) is 1.42. The number of rotatable bonds is 2. The SMILES string of the molecule is CCCN1C(=O)C(=C2C(=O)NC(=S)N2C(C)=O)c2ccccc21. The van der Waals surface area contributed by atoms with E-state index in [0.717, 1.165) is 17.0 Å². The Bertz CT molecular complexity index is 785. The molecule has 0 aromatic heterocycles. The van der Waals surface area contributed by atoms with E-state index in [1.54, 1.807) is 17.0 Å². The third kappa shape index (κ3) is 2.24. The number of nitrogens with one attached hydrogen (secondary N) is 1. The van der Waals surface area contributed by atoms with Gasteiger partial charge in [0.15, 0.2) is 5.11 Å². The standard InChI is InChI=1S/C16H15N3O3S/c1-3-8-18-11-7-5-4-6-10(11)12(15(18)22)13-14(21)17-16(23)19(13)9(2)20/h4-7H,3,8H2,1-2H3,(H,17,21,23). The smallest absolute Gasteiger partial charge is 0.275 e. The first-order valence-corrected chi connectivity index (χ1v) is 7.69. The van der Waals surface area contributed by atoms with E-state index < -0.39 is 11.8 Å². The van der Waals surface area contributed by atoms with Gasteiger partial charge in [0.1, 0.15) is 5.70 Å². The molecule has 0 saturated carbocycles. The second-order valence-corrected chi connectivity index (χ2v) is 5.70. The van der Waals surface area contributed by atoms with Crippen molar-refractivity contribution in [2.24, 2.45) is 0 Å². The van der Waals surface area contributed by atoms with Gasteiger partial charge in [-0.25, -0.2) is 0 Å². The lowest BCUT2D eigenvalue weighted by Crippen LogP contribution is -2.33. The van der Waals surface area contributed by atoms with Crippen molar-refractivity contribution in [3.63, 3.8) is 0 Å². The van der Waals surface area contributed by atoms with E-state index >= 15 is 0 Å². The fourth-order valence-corrected chi connectivity index (χ4v) is 3.21. The molecule has 2 heterocycles. The lowest BCUT2D eigenvalue weighted by molar-refractivity contribution is -0.125. The van der Waals surface area contributed by atoms with Gasteiger partial charge in [-0.05, 0) is 24.7 Å². The minimum atomic E-state index is -0.526. The van der Waals surface area contributed by atoms with Gasteiger partial charge in [0.2, 0.25) is 5.91 Å². The molecular weight excluding hydrogens is 314 g/mol. The Morgan fingerprint density at radius 1 is 1.26 bits per heavy atom. The van der Waals surface area contributed by atoms with E-state index in [1.165, 1.54) is 6.92 Å². The van der Waals surface area contributed by atoms with Gasteiger partial charge >= 0.3 is 0 Å². The fraction of sp³-hybridized carbons (Fsp3) is 0.250. The average molecular weight is 329 g/mol. The van der Waals surface area contributed by atoms with Crippen LogP contribution in [0.2, 0.25) is 0 Å². The van der Waals surface area contributed by atoms with E-state index in [2.05, 4.69) is 5.32 Å². The Morgan fingerprint density at radius 2 is 1.96 bits per heavy atom. The third-order valence-electron chi connectivity index (χ3n) is 3.78. The summed E-state index contributed by atoms with van der Waals surface area (Å²) in [6.07, 6.45) is 0.781. The van der Waals surface area contributed by atoms with Crippen LogP contribution in [0.1, 0.15) is 25.8 Å². The Balaban J connectivity index is 2.26. The molecule has 3 amide bonds. The van der Waals surface area contributed by atoms with Crippen LogP contribution < -0.4 is 10.2 Å². The number of benzene rings is 1. The number of fused-ring (bicyclic) bond motifs is 1. The first-order chi connectivity index (χ1) is 11.0. The van der Waals surface area contributed by atoms with Crippen molar-refractivity contribution in [1.29, 1.82) is 0 Å². The topological polar surface area (TPSA) is 69.7 Å². The molecule has 118 valence electrons. The number of carbonyl (C=O) groups is 3. The van der Waals surface area contributed by atoms with E-state index in [0.29, 0.717) is 12.1 Å². The van der Waals surface area contributed by atoms with Crippen LogP contribution >= 0.6 is 12.2 Å². The first-order valence-electron chi connectivity index (χ1n) is 7.29. The molecule has 1 saturated heterocycles. The van der Waals surface area contributed by atoms with Crippen molar-refractivity contribution in [3.8, 4) is 0 Å². The van der Waals surface area contributed by atoms with Crippen LogP contribution in [0.25, 0.3) is 5.57 Å². The second kappa shape index (κ2) is 5.58. The molecule has 0 radical (unpaired) electrons. The van der Waals surface area contributed by atoms with Gasteiger partial charge in [0.05, 0.1) is 11.3 Å². The molecule has 3 rings (SSSR count). The number of para-hydroxylation sites is 1. The maximum atomic E-state index is 12.9. The van der Waals surface area contributed by atoms with Crippen molar-refractivity contribution in [2.75, 3.05) is 11.4 Å². The zero-order valence-electron chi connectivity index (χ0n) is 12.8. The summed E-state index contributed by atoms with van der Waals surface area (Å²) in [5, 5.41) is 2.45. The number of hydrogen-bond donors (Lipinski definition) is 1. The van der Waals surface area contributed by atoms with Crippen molar-refractivity contribution in [1.82, 2.24) is 10.2 Å². The molecule has 2 aliphatic rings. The molecule has 0 spiro atoms. The Labute approximate surface area is 138 Å². The maximum Gasteiger partial charge on any atom is 0.275 e. The van der Waals surface area contributed by atoms with Crippen molar-refractivity contribution in [3.05, 3.63) is 35.5 Å². The number of carbonyl (C=O) groups excluding carboxylic acids is 3. The summed E-state index contributed by atoms with van der Waals surface area (Å²) in [5.41, 5.74) is 1.63. The highest BCUT2D eigenvalue weighted by Gasteiger charge is 2.42. The Kier molecular flexibility index (Phi) is 3.73. The van der Waals surface area contributed by atoms with Gasteiger partial charge in [-0.1, -0.05) is 25.1 Å². The fourth-order valence-electron chi connectivity index (χ4n) is 2.90. The second-order valence-electron chi connectivity index (χ2n) is 5.31. The van der Waals surface area contributed by atoms with E-state index in [9.17, 15) is 14.4 Å². The molecular formula is C16H15N3O3S. The van der Waals surface area contributed by atoms with Gasteiger partial charge in [-0.2, -0.15) is 0 Å². The summed E-state index contributed by atoms with van der Waals surface area (Å²) in [7, 11) is 0. The first kappa shape index (κ1) is 15.4. The Hall–Kier alpha value is -2.54. The lowest BCUT2D eigenvalue weighted by atomic mass is 10.0. The number of amides is 3. The van der Waals surface area contributed by atoms with E-state index in [4.69, 9.17) is 12.2 Å². The van der Waals surface area contributed by atoms with Crippen molar-refractivity contribution in [2.45, 2.75) is 20.3 Å². The largest absolute Gasteiger partial charge is 0.308 e. The summed E-state index contributed by atoms with van der Waals surface area (Å²) >= 11 is 5.04. The zero-order chi connectivity index (χ0) is 16.7. The van der Waals surface area contributed by atoms with Crippen LogP contribution in [-0.4, -0.2) is 34.3 Å². The summed E-state index contributed by atoms with van der Waals surface area (Å²) in [6.45, 7) is 3.82. The summed E-state index contributed by atoms with van der Waals surface area (Å²) < 4.78 is 0. The van der Waals surface area contributed by atoms with Gasteiger partial charge in [-0.3, -0.25) is 24.6 Å². The quantitative estimate of drug-likeness (QED) is 0.658. The van der Waals surface area contributed by atoms with Crippen molar-refractivity contribution < 1.29 is 14.4 Å². The number of anilines is 1. The third-order valence-corrected chi connectivity index (χ3v) is 4.07. The molecule has 0 unspecified atom stereocenters. The molecule has 0 bridgehead atoms. The van der Waals surface area contributed by atoms with Crippen LogP contribution in [-0.2, 0) is 14.4 Å². The molecule has 23 heavy (non-hydrogen) atoms. The summed E-state index contributed by atoms with van der Waals surface area (Å²) in [4.78, 5) is 39.8. The molecule has 1 fully saturated rings. The highest BCUT2D eigenvalue weighted by Crippen LogP contribution is 2.40. The monoisotopic (exact) mass is 329 g/mol. The van der Waals surface area contributed by atoms with Crippen LogP contribution in [0.5, 0.6) is 0 Å². The average Bonchev–Trinajstić information content (AvgIpc) is 2.94. The zero-order valence-corrected chi connectivity index (χ0v) is 13.6. The summed E-state index contributed by atoms with van der Waals surface area (Å²) in [5.74, 6) is -1.22. The molecule has 7 heteroatoms. The number of hydrogen-bond acceptors (Lipinski definition) is 4. The molecule has 0 atom stereocenters. The van der Waals surface area contributed by atoms with Crippen molar-refractivity contribution >= 4 is 46.3 Å². The normalized spacial score (nSPS) is 20.2. The molecule has 0 aliphatic carbocycles. The van der Waals surface area contributed by atoms with Crippen LogP contribution in [0.4, 0.5) is 5.69 Å². The highest BCUT2D eigenvalue weighted by atomic mass is 32.1. The minimum Gasteiger partial charge on any atom is -0.308 e. The predicted molar refractivity (Wildman–Crippen MR) is 89.3 cm³/mol. The van der Waals surface area contributed by atoms with Gasteiger partial charge in [0, 0.05) is 19.0 Å². The summed E-state index contributed by atoms with van der Waals surface area (Å²) in [6, 6.07) is 7.24. The van der Waals surface area contributed by atoms with Crippen LogP contribution in [0.3, 0.4) is 0 Å². The van der Waals surface area contributed by atoms with E-state index in [-0.39, 0.29) is 22.3 Å². The van der Waals surface area contributed by atoms with Gasteiger partial charge < -0.3 is 4.90 Å². The lowest BCUT2D eigenvalue weighted by Gasteiger charge is -2.16. The van der Waals surface area contributed by atoms with Gasteiger partial charge in [0.25, 0.3) is 11.8 Å². The molecule has 1 aromatic carbocycles.